The number of para-hydroxylation sites is 1. The van der Waals surface area contributed by atoms with Crippen LogP contribution in [0.3, 0.4) is 0 Å². The highest BCUT2D eigenvalue weighted by Gasteiger charge is 2.24. The molecular formula is C16H17FN2O3S. The normalized spacial score (nSPS) is 11.1. The summed E-state index contributed by atoms with van der Waals surface area (Å²) in [6, 6.07) is 11.2. The number of anilines is 1. The van der Waals surface area contributed by atoms with Crippen molar-refractivity contribution in [2.24, 2.45) is 0 Å². The molecule has 0 fully saturated rings. The van der Waals surface area contributed by atoms with E-state index in [4.69, 9.17) is 0 Å². The van der Waals surface area contributed by atoms with Crippen molar-refractivity contribution in [3.63, 3.8) is 0 Å². The Morgan fingerprint density at radius 2 is 1.87 bits per heavy atom. The maximum Gasteiger partial charge on any atom is 0.264 e. The number of nitrogens with zero attached hydrogens (tertiary/aromatic N) is 1. The number of carbonyl (C=O) groups excluding carboxylic acids is 1. The molecule has 1 amide bonds. The van der Waals surface area contributed by atoms with Crippen LogP contribution in [0.15, 0.2) is 53.4 Å². The molecular weight excluding hydrogens is 319 g/mol. The Morgan fingerprint density at radius 3 is 2.52 bits per heavy atom. The Hall–Kier alpha value is -2.41. The maximum absolute atomic E-state index is 13.8. The molecule has 0 saturated heterocycles. The lowest BCUT2D eigenvalue weighted by atomic mass is 10.2. The van der Waals surface area contributed by atoms with Gasteiger partial charge in [-0.1, -0.05) is 18.2 Å². The molecule has 0 aromatic heterocycles. The average Bonchev–Trinajstić information content (AvgIpc) is 2.55. The van der Waals surface area contributed by atoms with E-state index in [9.17, 15) is 17.6 Å². The first-order valence-corrected chi connectivity index (χ1v) is 8.43. The third-order valence-electron chi connectivity index (χ3n) is 3.28. The summed E-state index contributed by atoms with van der Waals surface area (Å²) in [6.07, 6.45) is 0. The zero-order valence-electron chi connectivity index (χ0n) is 12.8. The van der Waals surface area contributed by atoms with E-state index in [1.807, 2.05) is 0 Å². The first-order chi connectivity index (χ1) is 10.9. The molecule has 2 aromatic carbocycles. The largest absolute Gasteiger partial charge is 0.352 e. The number of nitrogens with one attached hydrogen (secondary N) is 1. The predicted octanol–water partition coefficient (Wildman–Crippen LogP) is 2.40. The Balaban J connectivity index is 2.42. The summed E-state index contributed by atoms with van der Waals surface area (Å²) in [5.74, 6) is -1.00. The van der Waals surface area contributed by atoms with E-state index in [0.29, 0.717) is 6.54 Å². The summed E-state index contributed by atoms with van der Waals surface area (Å²) < 4.78 is 40.0. The van der Waals surface area contributed by atoms with Crippen LogP contribution in [0.4, 0.5) is 10.1 Å². The Labute approximate surface area is 134 Å². The number of hydrogen-bond acceptors (Lipinski definition) is 3. The van der Waals surface area contributed by atoms with Crippen molar-refractivity contribution in [3.05, 3.63) is 59.9 Å². The second-order valence-electron chi connectivity index (χ2n) is 4.81. The highest BCUT2D eigenvalue weighted by molar-refractivity contribution is 7.92. The van der Waals surface area contributed by atoms with Crippen molar-refractivity contribution < 1.29 is 17.6 Å². The molecule has 122 valence electrons. The second-order valence-corrected chi connectivity index (χ2v) is 6.78. The third kappa shape index (κ3) is 3.50. The van der Waals surface area contributed by atoms with Crippen molar-refractivity contribution in [2.75, 3.05) is 17.9 Å². The molecule has 0 atom stereocenters. The molecule has 7 heteroatoms. The van der Waals surface area contributed by atoms with Gasteiger partial charge in [0.25, 0.3) is 15.9 Å². The smallest absolute Gasteiger partial charge is 0.264 e. The number of carbonyl (C=O) groups is 1. The van der Waals surface area contributed by atoms with E-state index in [1.165, 1.54) is 49.5 Å². The molecule has 0 radical (unpaired) electrons. The van der Waals surface area contributed by atoms with Gasteiger partial charge in [0, 0.05) is 19.2 Å². The van der Waals surface area contributed by atoms with Gasteiger partial charge >= 0.3 is 0 Å². The molecule has 0 aliphatic carbocycles. The molecule has 0 saturated carbocycles. The molecule has 0 unspecified atom stereocenters. The first kappa shape index (κ1) is 17.0. The van der Waals surface area contributed by atoms with Gasteiger partial charge in [-0.25, -0.2) is 12.8 Å². The van der Waals surface area contributed by atoms with Gasteiger partial charge < -0.3 is 5.32 Å². The lowest BCUT2D eigenvalue weighted by Gasteiger charge is -2.20. The highest BCUT2D eigenvalue weighted by atomic mass is 32.2. The molecule has 2 rings (SSSR count). The fourth-order valence-corrected chi connectivity index (χ4v) is 3.30. The van der Waals surface area contributed by atoms with Gasteiger partial charge in [0.2, 0.25) is 0 Å². The van der Waals surface area contributed by atoms with E-state index in [1.54, 1.807) is 13.0 Å². The van der Waals surface area contributed by atoms with Crippen molar-refractivity contribution in [3.8, 4) is 0 Å². The summed E-state index contributed by atoms with van der Waals surface area (Å²) >= 11 is 0. The van der Waals surface area contributed by atoms with Crippen molar-refractivity contribution in [2.45, 2.75) is 11.8 Å². The van der Waals surface area contributed by atoms with Gasteiger partial charge in [0.05, 0.1) is 10.6 Å². The van der Waals surface area contributed by atoms with Gasteiger partial charge in [0.15, 0.2) is 0 Å². The van der Waals surface area contributed by atoms with Crippen LogP contribution in [0.1, 0.15) is 17.3 Å². The lowest BCUT2D eigenvalue weighted by Crippen LogP contribution is -2.28. The number of sulfonamides is 1. The zero-order chi connectivity index (χ0) is 17.0. The number of amides is 1. The monoisotopic (exact) mass is 336 g/mol. The Bertz CT molecular complexity index is 822. The summed E-state index contributed by atoms with van der Waals surface area (Å²) in [4.78, 5) is 11.8. The van der Waals surface area contributed by atoms with Crippen molar-refractivity contribution in [1.82, 2.24) is 5.32 Å². The van der Waals surface area contributed by atoms with Crippen molar-refractivity contribution in [1.29, 1.82) is 0 Å². The average molecular weight is 336 g/mol. The van der Waals surface area contributed by atoms with Crippen LogP contribution in [-0.4, -0.2) is 27.9 Å². The summed E-state index contributed by atoms with van der Waals surface area (Å²) in [5, 5.41) is 2.60. The van der Waals surface area contributed by atoms with Crippen molar-refractivity contribution >= 4 is 21.6 Å². The van der Waals surface area contributed by atoms with Crippen LogP contribution in [-0.2, 0) is 10.0 Å². The van der Waals surface area contributed by atoms with Crippen LogP contribution in [0, 0.1) is 5.82 Å². The van der Waals surface area contributed by atoms with Crippen LogP contribution in [0.5, 0.6) is 0 Å². The quantitative estimate of drug-likeness (QED) is 0.912. The maximum atomic E-state index is 13.8. The third-order valence-corrected chi connectivity index (χ3v) is 5.05. The number of halogens is 1. The van der Waals surface area contributed by atoms with Gasteiger partial charge in [-0.3, -0.25) is 9.10 Å². The van der Waals surface area contributed by atoms with Crippen LogP contribution >= 0.6 is 0 Å². The van der Waals surface area contributed by atoms with Gasteiger partial charge in [-0.15, -0.1) is 0 Å². The molecule has 0 bridgehead atoms. The molecule has 0 aliphatic rings. The van der Waals surface area contributed by atoms with E-state index < -0.39 is 15.8 Å². The number of benzene rings is 2. The highest BCUT2D eigenvalue weighted by Crippen LogP contribution is 2.24. The number of hydrogen-bond donors (Lipinski definition) is 1. The minimum atomic E-state index is -3.97. The van der Waals surface area contributed by atoms with Crippen LogP contribution in [0.2, 0.25) is 0 Å². The van der Waals surface area contributed by atoms with E-state index in [2.05, 4.69) is 5.32 Å². The zero-order valence-corrected chi connectivity index (χ0v) is 13.6. The molecule has 2 aromatic rings. The SMILES string of the molecule is CCNC(=O)c1cccc(S(=O)(=O)N(C)c2ccccc2F)c1. The number of rotatable bonds is 5. The molecule has 0 spiro atoms. The molecule has 0 heterocycles. The summed E-state index contributed by atoms with van der Waals surface area (Å²) in [6.45, 7) is 2.20. The minimum Gasteiger partial charge on any atom is -0.352 e. The fraction of sp³-hybridized carbons (Fsp3) is 0.188. The van der Waals surface area contributed by atoms with Gasteiger partial charge in [0.1, 0.15) is 5.82 Å². The minimum absolute atomic E-state index is 0.0593. The second kappa shape index (κ2) is 6.78. The standard InChI is InChI=1S/C16H17FN2O3S/c1-3-18-16(20)12-7-6-8-13(11-12)23(21,22)19(2)15-10-5-4-9-14(15)17/h4-11H,3H2,1-2H3,(H,18,20). The molecule has 23 heavy (non-hydrogen) atoms. The summed E-state index contributed by atoms with van der Waals surface area (Å²) in [5.41, 5.74) is 0.172. The van der Waals surface area contributed by atoms with E-state index in [-0.39, 0.29) is 22.1 Å². The first-order valence-electron chi connectivity index (χ1n) is 6.99. The van der Waals surface area contributed by atoms with Crippen LogP contribution < -0.4 is 9.62 Å². The summed E-state index contributed by atoms with van der Waals surface area (Å²) in [7, 11) is -2.70. The Morgan fingerprint density at radius 1 is 1.17 bits per heavy atom. The Kier molecular flexibility index (Phi) is 5.00. The van der Waals surface area contributed by atoms with E-state index >= 15 is 0 Å². The fourth-order valence-electron chi connectivity index (χ4n) is 2.06. The molecule has 0 aliphatic heterocycles. The van der Waals surface area contributed by atoms with Crippen LogP contribution in [0.25, 0.3) is 0 Å². The molecule has 5 nitrogen and oxygen atoms in total. The lowest BCUT2D eigenvalue weighted by molar-refractivity contribution is 0.0955. The van der Waals surface area contributed by atoms with Gasteiger partial charge in [-0.05, 0) is 37.3 Å². The van der Waals surface area contributed by atoms with E-state index in [0.717, 1.165) is 4.31 Å². The topological polar surface area (TPSA) is 66.5 Å². The van der Waals surface area contributed by atoms with Gasteiger partial charge in [-0.2, -0.15) is 0 Å². The predicted molar refractivity (Wildman–Crippen MR) is 86.4 cm³/mol. The molecule has 1 N–H and O–H groups in total.